The molecule has 1 aromatic heterocycles. The summed E-state index contributed by atoms with van der Waals surface area (Å²) in [7, 11) is -3.54. The molecule has 1 saturated heterocycles. The number of H-pyrrole nitrogens is 1. The molecule has 0 bridgehead atoms. The van der Waals surface area contributed by atoms with Crippen molar-refractivity contribution in [2.75, 3.05) is 26.3 Å². The Bertz CT molecular complexity index is 1110. The molecule has 28 heavy (non-hydrogen) atoms. The van der Waals surface area contributed by atoms with Crippen LogP contribution >= 0.6 is 0 Å². The number of benzene rings is 2. The van der Waals surface area contributed by atoms with Gasteiger partial charge in [-0.05, 0) is 42.5 Å². The van der Waals surface area contributed by atoms with Crippen LogP contribution in [0.25, 0.3) is 10.9 Å². The highest BCUT2D eigenvalue weighted by atomic mass is 32.2. The van der Waals surface area contributed by atoms with Crippen molar-refractivity contribution in [3.05, 3.63) is 54.2 Å². The van der Waals surface area contributed by atoms with Crippen molar-refractivity contribution in [2.45, 2.75) is 23.7 Å². The van der Waals surface area contributed by atoms with E-state index in [9.17, 15) is 8.42 Å². The summed E-state index contributed by atoms with van der Waals surface area (Å²) in [4.78, 5) is 3.59. The number of aromatic nitrogens is 1. The Morgan fingerprint density at radius 3 is 2.54 bits per heavy atom. The number of sulfonamides is 1. The van der Waals surface area contributed by atoms with Gasteiger partial charge in [0.25, 0.3) is 0 Å². The van der Waals surface area contributed by atoms with E-state index >= 15 is 0 Å². The third-order valence-electron chi connectivity index (χ3n) is 5.67. The molecule has 1 N–H and O–H groups in total. The fourth-order valence-corrected chi connectivity index (χ4v) is 5.66. The molecule has 6 nitrogen and oxygen atoms in total. The fraction of sp³-hybridized carbons (Fsp3) is 0.333. The first-order chi connectivity index (χ1) is 13.6. The normalized spacial score (nSPS) is 18.4. The van der Waals surface area contributed by atoms with Crippen molar-refractivity contribution in [3.63, 3.8) is 0 Å². The maximum Gasteiger partial charge on any atom is 0.243 e. The molecule has 2 aromatic carbocycles. The number of rotatable bonds is 3. The molecule has 5 rings (SSSR count). The Morgan fingerprint density at radius 2 is 1.71 bits per heavy atom. The van der Waals surface area contributed by atoms with Crippen LogP contribution in [0.5, 0.6) is 11.5 Å². The number of hydrogen-bond acceptors (Lipinski definition) is 4. The number of nitrogens with one attached hydrogen (secondary N) is 1. The van der Waals surface area contributed by atoms with E-state index in [4.69, 9.17) is 9.47 Å². The zero-order valence-electron chi connectivity index (χ0n) is 15.4. The lowest BCUT2D eigenvalue weighted by Gasteiger charge is -2.31. The highest BCUT2D eigenvalue weighted by Crippen LogP contribution is 2.36. The van der Waals surface area contributed by atoms with E-state index in [1.54, 1.807) is 22.5 Å². The van der Waals surface area contributed by atoms with Crippen LogP contribution in [-0.2, 0) is 10.0 Å². The predicted molar refractivity (Wildman–Crippen MR) is 106 cm³/mol. The van der Waals surface area contributed by atoms with Crippen LogP contribution in [0.4, 0.5) is 0 Å². The molecule has 7 heteroatoms. The summed E-state index contributed by atoms with van der Waals surface area (Å²) in [6.45, 7) is 1.95. The van der Waals surface area contributed by atoms with Gasteiger partial charge in [0.05, 0.1) is 4.90 Å². The van der Waals surface area contributed by atoms with Crippen LogP contribution in [0.15, 0.2) is 53.6 Å². The van der Waals surface area contributed by atoms with E-state index in [0.717, 1.165) is 18.4 Å². The molecular weight excluding hydrogens is 376 g/mol. The molecule has 2 aliphatic heterocycles. The monoisotopic (exact) mass is 398 g/mol. The summed E-state index contributed by atoms with van der Waals surface area (Å²) >= 11 is 0. The lowest BCUT2D eigenvalue weighted by Crippen LogP contribution is -2.37. The summed E-state index contributed by atoms with van der Waals surface area (Å²) in [6, 6.07) is 13.1. The van der Waals surface area contributed by atoms with Gasteiger partial charge >= 0.3 is 0 Å². The van der Waals surface area contributed by atoms with Gasteiger partial charge in [-0.15, -0.1) is 0 Å². The van der Waals surface area contributed by atoms with E-state index in [-0.39, 0.29) is 4.90 Å². The third kappa shape index (κ3) is 2.95. The number of ether oxygens (including phenoxy) is 2. The minimum Gasteiger partial charge on any atom is -0.486 e. The van der Waals surface area contributed by atoms with E-state index in [0.29, 0.717) is 43.7 Å². The molecule has 146 valence electrons. The zero-order valence-corrected chi connectivity index (χ0v) is 16.2. The summed E-state index contributed by atoms with van der Waals surface area (Å²) in [5.74, 6) is 1.46. The first-order valence-electron chi connectivity index (χ1n) is 9.59. The van der Waals surface area contributed by atoms with E-state index < -0.39 is 10.0 Å². The van der Waals surface area contributed by atoms with Gasteiger partial charge in [-0.3, -0.25) is 0 Å². The SMILES string of the molecule is O=S(=O)(c1ccc2c(c1)OCCO2)N1CCC(c2c[nH]c3ccccc23)CC1. The van der Waals surface area contributed by atoms with Crippen molar-refractivity contribution in [2.24, 2.45) is 0 Å². The molecule has 0 radical (unpaired) electrons. The second-order valence-electron chi connectivity index (χ2n) is 7.27. The number of nitrogens with zero attached hydrogens (tertiary/aromatic N) is 1. The Kier molecular flexibility index (Phi) is 4.29. The number of piperidine rings is 1. The first-order valence-corrected chi connectivity index (χ1v) is 11.0. The van der Waals surface area contributed by atoms with Crippen LogP contribution in [0.3, 0.4) is 0 Å². The smallest absolute Gasteiger partial charge is 0.243 e. The Morgan fingerprint density at radius 1 is 0.964 bits per heavy atom. The van der Waals surface area contributed by atoms with Gasteiger partial charge < -0.3 is 14.5 Å². The summed E-state index contributed by atoms with van der Waals surface area (Å²) in [5, 5.41) is 1.23. The van der Waals surface area contributed by atoms with Gasteiger partial charge in [0.2, 0.25) is 10.0 Å². The molecule has 0 atom stereocenters. The predicted octanol–water partition coefficient (Wildman–Crippen LogP) is 3.51. The van der Waals surface area contributed by atoms with Crippen molar-refractivity contribution in [1.82, 2.24) is 9.29 Å². The quantitative estimate of drug-likeness (QED) is 0.733. The van der Waals surface area contributed by atoms with E-state index in [1.807, 2.05) is 12.1 Å². The minimum atomic E-state index is -3.54. The summed E-state index contributed by atoms with van der Waals surface area (Å²) in [6.07, 6.45) is 3.69. The number of fused-ring (bicyclic) bond motifs is 2. The summed E-state index contributed by atoms with van der Waals surface area (Å²) < 4.78 is 38.8. The average molecular weight is 398 g/mol. The van der Waals surface area contributed by atoms with Crippen LogP contribution in [0.2, 0.25) is 0 Å². The van der Waals surface area contributed by atoms with Crippen molar-refractivity contribution >= 4 is 20.9 Å². The van der Waals surface area contributed by atoms with Gasteiger partial charge in [-0.1, -0.05) is 18.2 Å². The van der Waals surface area contributed by atoms with Crippen molar-refractivity contribution in [3.8, 4) is 11.5 Å². The van der Waals surface area contributed by atoms with Gasteiger partial charge in [-0.2, -0.15) is 4.31 Å². The van der Waals surface area contributed by atoms with E-state index in [2.05, 4.69) is 23.3 Å². The highest BCUT2D eigenvalue weighted by molar-refractivity contribution is 7.89. The molecule has 1 fully saturated rings. The molecule has 2 aliphatic rings. The standard InChI is InChI=1S/C21H22N2O4S/c24-28(25,16-5-6-20-21(13-16)27-12-11-26-20)23-9-7-15(8-10-23)18-14-22-19-4-2-1-3-17(18)19/h1-6,13-15,22H,7-12H2. The first kappa shape index (κ1) is 17.6. The molecule has 0 unspecified atom stereocenters. The molecule has 0 aliphatic carbocycles. The largest absolute Gasteiger partial charge is 0.486 e. The Balaban J connectivity index is 1.34. The maximum absolute atomic E-state index is 13.1. The van der Waals surface area contributed by atoms with Gasteiger partial charge in [0.15, 0.2) is 11.5 Å². The van der Waals surface area contributed by atoms with Crippen molar-refractivity contribution < 1.29 is 17.9 Å². The second-order valence-corrected chi connectivity index (χ2v) is 9.21. The Labute approximate surface area is 164 Å². The molecular formula is C21H22N2O4S. The topological polar surface area (TPSA) is 71.6 Å². The molecule has 0 saturated carbocycles. The Hall–Kier alpha value is -2.51. The fourth-order valence-electron chi connectivity index (χ4n) is 4.17. The van der Waals surface area contributed by atoms with Gasteiger partial charge in [-0.25, -0.2) is 8.42 Å². The van der Waals surface area contributed by atoms with Crippen LogP contribution in [0.1, 0.15) is 24.3 Å². The minimum absolute atomic E-state index is 0.266. The highest BCUT2D eigenvalue weighted by Gasteiger charge is 2.31. The molecule has 3 aromatic rings. The van der Waals surface area contributed by atoms with Crippen LogP contribution in [0, 0.1) is 0 Å². The van der Waals surface area contributed by atoms with Gasteiger partial charge in [0, 0.05) is 36.3 Å². The van der Waals surface area contributed by atoms with Gasteiger partial charge in [0.1, 0.15) is 13.2 Å². The maximum atomic E-state index is 13.1. The van der Waals surface area contributed by atoms with Crippen LogP contribution < -0.4 is 9.47 Å². The second kappa shape index (κ2) is 6.83. The van der Waals surface area contributed by atoms with Crippen molar-refractivity contribution in [1.29, 1.82) is 0 Å². The number of hydrogen-bond donors (Lipinski definition) is 1. The third-order valence-corrected chi connectivity index (χ3v) is 7.56. The molecule has 3 heterocycles. The van der Waals surface area contributed by atoms with E-state index in [1.165, 1.54) is 10.9 Å². The molecule has 0 spiro atoms. The van der Waals surface area contributed by atoms with Crippen LogP contribution in [-0.4, -0.2) is 44.0 Å². The number of aromatic amines is 1. The molecule has 0 amide bonds. The average Bonchev–Trinajstić information content (AvgIpc) is 3.17. The number of para-hydroxylation sites is 1. The summed E-state index contributed by atoms with van der Waals surface area (Å²) in [5.41, 5.74) is 2.41. The lowest BCUT2D eigenvalue weighted by molar-refractivity contribution is 0.171. The zero-order chi connectivity index (χ0) is 19.1. The lowest BCUT2D eigenvalue weighted by atomic mass is 9.90.